The molecule has 0 aliphatic carbocycles. The van der Waals surface area contributed by atoms with Gasteiger partial charge in [-0.2, -0.15) is 4.89 Å². The van der Waals surface area contributed by atoms with E-state index < -0.39 is 0 Å². The van der Waals surface area contributed by atoms with Gasteiger partial charge in [0.1, 0.15) is 11.9 Å². The van der Waals surface area contributed by atoms with Gasteiger partial charge >= 0.3 is 0 Å². The van der Waals surface area contributed by atoms with Crippen LogP contribution in [0.3, 0.4) is 0 Å². The molecule has 0 amide bonds. The Bertz CT molecular complexity index is 106. The lowest BCUT2D eigenvalue weighted by molar-refractivity contribution is -0.316. The third-order valence-electron chi connectivity index (χ3n) is 1.32. The highest BCUT2D eigenvalue weighted by atomic mass is 17.2. The molecule has 0 bridgehead atoms. The second kappa shape index (κ2) is 4.34. The topological polar surface area (TPSA) is 18.5 Å². The third kappa shape index (κ3) is 4.39. The standard InChI is InChI=1S/C8H16O2/c1-5-7-9-10-8(3,4)6-2/h5,7H,6H2,1-4H3/b7-5+. The maximum absolute atomic E-state index is 5.03. The van der Waals surface area contributed by atoms with Crippen LogP contribution >= 0.6 is 0 Å². The number of hydrogen-bond donors (Lipinski definition) is 0. The van der Waals surface area contributed by atoms with Gasteiger partial charge in [0, 0.05) is 0 Å². The molecule has 0 heterocycles. The van der Waals surface area contributed by atoms with Gasteiger partial charge in [-0.3, -0.25) is 0 Å². The van der Waals surface area contributed by atoms with Gasteiger partial charge in [0.2, 0.25) is 0 Å². The second-order valence-corrected chi connectivity index (χ2v) is 2.76. The minimum atomic E-state index is -0.181. The van der Waals surface area contributed by atoms with Crippen LogP contribution in [0.1, 0.15) is 34.1 Å². The highest BCUT2D eigenvalue weighted by Crippen LogP contribution is 2.13. The smallest absolute Gasteiger partial charge is 0.125 e. The van der Waals surface area contributed by atoms with Crippen molar-refractivity contribution in [3.05, 3.63) is 12.3 Å². The van der Waals surface area contributed by atoms with Gasteiger partial charge < -0.3 is 4.89 Å². The average molecular weight is 144 g/mol. The van der Waals surface area contributed by atoms with Crippen LogP contribution in [0.25, 0.3) is 0 Å². The fraction of sp³-hybridized carbons (Fsp3) is 0.750. The van der Waals surface area contributed by atoms with Crippen molar-refractivity contribution in [2.24, 2.45) is 0 Å². The number of allylic oxidation sites excluding steroid dienone is 1. The number of rotatable bonds is 4. The summed E-state index contributed by atoms with van der Waals surface area (Å²) in [6.45, 7) is 7.90. The summed E-state index contributed by atoms with van der Waals surface area (Å²) < 4.78 is 0. The molecule has 0 N–H and O–H groups in total. The SMILES string of the molecule is C/C=C/OOC(C)(C)CC. The molecule has 60 valence electrons. The first-order chi connectivity index (χ1) is 4.62. The lowest BCUT2D eigenvalue weighted by Gasteiger charge is -2.19. The molecule has 0 rings (SSSR count). The van der Waals surface area contributed by atoms with Gasteiger partial charge in [-0.1, -0.05) is 6.92 Å². The van der Waals surface area contributed by atoms with Gasteiger partial charge in [0.25, 0.3) is 0 Å². The molecule has 0 saturated carbocycles. The van der Waals surface area contributed by atoms with Gasteiger partial charge in [-0.25, -0.2) is 0 Å². The van der Waals surface area contributed by atoms with Crippen molar-refractivity contribution in [2.75, 3.05) is 0 Å². The first kappa shape index (κ1) is 9.50. The van der Waals surface area contributed by atoms with E-state index in [2.05, 4.69) is 6.92 Å². The van der Waals surface area contributed by atoms with Crippen LogP contribution in [0.15, 0.2) is 12.3 Å². The van der Waals surface area contributed by atoms with E-state index in [1.165, 1.54) is 6.26 Å². The van der Waals surface area contributed by atoms with Gasteiger partial charge in [-0.05, 0) is 33.3 Å². The Morgan fingerprint density at radius 2 is 2.00 bits per heavy atom. The first-order valence-electron chi connectivity index (χ1n) is 3.58. The molecular weight excluding hydrogens is 128 g/mol. The Morgan fingerprint density at radius 3 is 2.40 bits per heavy atom. The lowest BCUT2D eigenvalue weighted by Crippen LogP contribution is -2.21. The van der Waals surface area contributed by atoms with Gasteiger partial charge in [-0.15, -0.1) is 0 Å². The van der Waals surface area contributed by atoms with Gasteiger partial charge in [0.05, 0.1) is 0 Å². The van der Waals surface area contributed by atoms with Crippen LogP contribution in [0.4, 0.5) is 0 Å². The third-order valence-corrected chi connectivity index (χ3v) is 1.32. The summed E-state index contributed by atoms with van der Waals surface area (Å²) in [4.78, 5) is 9.79. The normalized spacial score (nSPS) is 12.4. The van der Waals surface area contributed by atoms with Crippen LogP contribution in [0.2, 0.25) is 0 Å². The average Bonchev–Trinajstić information content (AvgIpc) is 1.89. The fourth-order valence-corrected chi connectivity index (χ4v) is 0.273. The Kier molecular flexibility index (Phi) is 4.12. The Hall–Kier alpha value is -0.500. The number of hydrogen-bond acceptors (Lipinski definition) is 2. The van der Waals surface area contributed by atoms with E-state index in [4.69, 9.17) is 9.78 Å². The molecule has 0 aromatic carbocycles. The zero-order valence-electron chi connectivity index (χ0n) is 7.18. The predicted molar refractivity (Wildman–Crippen MR) is 41.4 cm³/mol. The van der Waals surface area contributed by atoms with Crippen LogP contribution in [-0.4, -0.2) is 5.60 Å². The first-order valence-corrected chi connectivity index (χ1v) is 3.58. The van der Waals surface area contributed by atoms with Crippen LogP contribution in [0.5, 0.6) is 0 Å². The minimum Gasteiger partial charge on any atom is -0.345 e. The zero-order valence-corrected chi connectivity index (χ0v) is 7.18. The molecule has 0 spiro atoms. The Labute approximate surface area is 62.8 Å². The van der Waals surface area contributed by atoms with E-state index in [-0.39, 0.29) is 5.60 Å². The van der Waals surface area contributed by atoms with Crippen molar-refractivity contribution in [3.8, 4) is 0 Å². The molecule has 0 fully saturated rings. The van der Waals surface area contributed by atoms with E-state index in [1.54, 1.807) is 6.08 Å². The molecule has 0 saturated heterocycles. The summed E-state index contributed by atoms with van der Waals surface area (Å²) in [6.07, 6.45) is 4.24. The van der Waals surface area contributed by atoms with E-state index in [9.17, 15) is 0 Å². The maximum atomic E-state index is 5.03. The molecule has 0 unspecified atom stereocenters. The fourth-order valence-electron chi connectivity index (χ4n) is 0.273. The van der Waals surface area contributed by atoms with Crippen LogP contribution < -0.4 is 0 Å². The van der Waals surface area contributed by atoms with Crippen molar-refractivity contribution in [3.63, 3.8) is 0 Å². The van der Waals surface area contributed by atoms with Crippen molar-refractivity contribution < 1.29 is 9.78 Å². The minimum absolute atomic E-state index is 0.181. The molecule has 0 atom stereocenters. The molecule has 0 aromatic rings. The van der Waals surface area contributed by atoms with Crippen molar-refractivity contribution >= 4 is 0 Å². The highest BCUT2D eigenvalue weighted by molar-refractivity contribution is 4.65. The molecule has 0 aromatic heterocycles. The van der Waals surface area contributed by atoms with E-state index in [0.29, 0.717) is 0 Å². The highest BCUT2D eigenvalue weighted by Gasteiger charge is 2.16. The largest absolute Gasteiger partial charge is 0.345 e. The zero-order chi connectivity index (χ0) is 8.04. The van der Waals surface area contributed by atoms with Crippen molar-refractivity contribution in [2.45, 2.75) is 39.7 Å². The van der Waals surface area contributed by atoms with Gasteiger partial charge in [0.15, 0.2) is 0 Å². The van der Waals surface area contributed by atoms with Crippen LogP contribution in [-0.2, 0) is 9.78 Å². The summed E-state index contributed by atoms with van der Waals surface area (Å²) in [7, 11) is 0. The molecule has 2 heteroatoms. The second-order valence-electron chi connectivity index (χ2n) is 2.76. The molecule has 0 radical (unpaired) electrons. The summed E-state index contributed by atoms with van der Waals surface area (Å²) in [5.74, 6) is 0. The monoisotopic (exact) mass is 144 g/mol. The van der Waals surface area contributed by atoms with Crippen LogP contribution in [0, 0.1) is 0 Å². The Morgan fingerprint density at radius 1 is 1.40 bits per heavy atom. The summed E-state index contributed by atoms with van der Waals surface area (Å²) in [5.41, 5.74) is -0.181. The molecular formula is C8H16O2. The van der Waals surface area contributed by atoms with Crippen molar-refractivity contribution in [1.29, 1.82) is 0 Å². The quantitative estimate of drug-likeness (QED) is 0.343. The summed E-state index contributed by atoms with van der Waals surface area (Å²) in [6, 6.07) is 0. The van der Waals surface area contributed by atoms with Crippen molar-refractivity contribution in [1.82, 2.24) is 0 Å². The van der Waals surface area contributed by atoms with E-state index in [0.717, 1.165) is 6.42 Å². The predicted octanol–water partition coefficient (Wildman–Crippen LogP) is 2.66. The Balaban J connectivity index is 3.46. The molecule has 2 nitrogen and oxygen atoms in total. The summed E-state index contributed by atoms with van der Waals surface area (Å²) >= 11 is 0. The van der Waals surface area contributed by atoms with E-state index in [1.807, 2.05) is 20.8 Å². The lowest BCUT2D eigenvalue weighted by atomic mass is 10.1. The maximum Gasteiger partial charge on any atom is 0.125 e. The van der Waals surface area contributed by atoms with E-state index >= 15 is 0 Å². The molecule has 0 aliphatic heterocycles. The summed E-state index contributed by atoms with van der Waals surface area (Å²) in [5, 5.41) is 0. The molecule has 10 heavy (non-hydrogen) atoms. The molecule has 0 aliphatic rings.